The number of hydrogen-bond acceptors (Lipinski definition) is 2. The van der Waals surface area contributed by atoms with Crippen molar-refractivity contribution in [1.82, 2.24) is 0 Å². The lowest BCUT2D eigenvalue weighted by Gasteiger charge is -1.84. The van der Waals surface area contributed by atoms with Crippen LogP contribution in [0.2, 0.25) is 0 Å². The Morgan fingerprint density at radius 2 is 2.22 bits per heavy atom. The molecule has 0 radical (unpaired) electrons. The van der Waals surface area contributed by atoms with Crippen molar-refractivity contribution in [2.45, 2.75) is 6.92 Å². The Bertz CT molecular complexity index is 164. The molecule has 0 atom stereocenters. The molecule has 0 aliphatic rings. The monoisotopic (exact) mass is 166 g/mol. The average molecular weight is 167 g/mol. The smallest absolute Gasteiger partial charge is 0.308 e. The van der Waals surface area contributed by atoms with E-state index in [0.717, 1.165) is 6.26 Å². The summed E-state index contributed by atoms with van der Waals surface area (Å²) in [6.07, 6.45) is 0.998. The number of hydrogen-bond donors (Lipinski definition) is 0. The van der Waals surface area contributed by atoms with E-state index in [1.165, 1.54) is 6.92 Å². The number of esters is 1. The molecule has 0 aromatic heterocycles. The highest BCUT2D eigenvalue weighted by atomic mass is 35.5. The first-order valence-corrected chi connectivity index (χ1v) is 2.82. The van der Waals surface area contributed by atoms with Crippen LogP contribution < -0.4 is 0 Å². The minimum atomic E-state index is -0.433. The molecule has 4 heteroatoms. The van der Waals surface area contributed by atoms with Crippen molar-refractivity contribution in [3.05, 3.63) is 16.5 Å². The second-order valence-electron chi connectivity index (χ2n) is 1.13. The molecule has 0 amide bonds. The van der Waals surface area contributed by atoms with Crippen molar-refractivity contribution in [2.24, 2.45) is 0 Å². The van der Waals surface area contributed by atoms with E-state index in [9.17, 15) is 4.79 Å². The van der Waals surface area contributed by atoms with Gasteiger partial charge in [-0.05, 0) is 0 Å². The molecule has 0 spiro atoms. The zero-order chi connectivity index (χ0) is 7.28. The van der Waals surface area contributed by atoms with E-state index >= 15 is 0 Å². The normalized spacial score (nSPS) is 7.44. The van der Waals surface area contributed by atoms with E-state index in [4.69, 9.17) is 23.2 Å². The van der Waals surface area contributed by atoms with Crippen LogP contribution in [0.1, 0.15) is 6.92 Å². The first-order valence-electron chi connectivity index (χ1n) is 2.06. The van der Waals surface area contributed by atoms with Gasteiger partial charge in [0.1, 0.15) is 6.26 Å². The Balaban J connectivity index is 3.74. The zero-order valence-electron chi connectivity index (χ0n) is 4.65. The van der Waals surface area contributed by atoms with E-state index in [2.05, 4.69) is 10.5 Å². The van der Waals surface area contributed by atoms with Crippen LogP contribution in [-0.4, -0.2) is 5.97 Å². The predicted molar refractivity (Wildman–Crippen MR) is 35.1 cm³/mol. The number of carbonyl (C=O) groups excluding carboxylic acids is 1. The SMILES string of the molecule is CC(=O)OC=C=C(Cl)Cl. The van der Waals surface area contributed by atoms with Crippen molar-refractivity contribution >= 4 is 29.2 Å². The Hall–Kier alpha value is -0.430. The quantitative estimate of drug-likeness (QED) is 0.339. The van der Waals surface area contributed by atoms with Gasteiger partial charge in [0.25, 0.3) is 0 Å². The predicted octanol–water partition coefficient (Wildman–Crippen LogP) is 1.98. The maximum Gasteiger partial charge on any atom is 0.308 e. The molecule has 2 nitrogen and oxygen atoms in total. The molecule has 0 aromatic rings. The Morgan fingerprint density at radius 1 is 1.67 bits per heavy atom. The lowest BCUT2D eigenvalue weighted by Crippen LogP contribution is -1.88. The van der Waals surface area contributed by atoms with Crippen LogP contribution in [0.4, 0.5) is 0 Å². The highest BCUT2D eigenvalue weighted by molar-refractivity contribution is 6.55. The first kappa shape index (κ1) is 8.57. The number of rotatable bonds is 1. The van der Waals surface area contributed by atoms with E-state index < -0.39 is 5.97 Å². The van der Waals surface area contributed by atoms with Gasteiger partial charge in [-0.2, -0.15) is 0 Å². The van der Waals surface area contributed by atoms with Gasteiger partial charge in [0.15, 0.2) is 4.49 Å². The second-order valence-corrected chi connectivity index (χ2v) is 2.08. The van der Waals surface area contributed by atoms with Crippen LogP contribution >= 0.6 is 23.2 Å². The standard InChI is InChI=1S/C5H4Cl2O2/c1-4(8)9-3-2-5(6)7/h3H,1H3. The summed E-state index contributed by atoms with van der Waals surface area (Å²) in [7, 11) is 0. The largest absolute Gasteiger partial charge is 0.426 e. The van der Waals surface area contributed by atoms with Crippen molar-refractivity contribution in [2.75, 3.05) is 0 Å². The van der Waals surface area contributed by atoms with Gasteiger partial charge >= 0.3 is 5.97 Å². The third-order valence-electron chi connectivity index (χ3n) is 0.393. The molecular formula is C5H4Cl2O2. The van der Waals surface area contributed by atoms with Crippen molar-refractivity contribution in [1.29, 1.82) is 0 Å². The number of ether oxygens (including phenoxy) is 1. The van der Waals surface area contributed by atoms with E-state index in [0.29, 0.717) is 0 Å². The first-order chi connectivity index (χ1) is 4.13. The van der Waals surface area contributed by atoms with Gasteiger partial charge in [-0.1, -0.05) is 28.9 Å². The van der Waals surface area contributed by atoms with Crippen LogP contribution in [0.15, 0.2) is 16.5 Å². The Kier molecular flexibility index (Phi) is 4.24. The average Bonchev–Trinajstić information content (AvgIpc) is 1.63. The third-order valence-corrected chi connectivity index (χ3v) is 0.611. The fraction of sp³-hybridized carbons (Fsp3) is 0.200. The maximum atomic E-state index is 10.0. The van der Waals surface area contributed by atoms with Gasteiger partial charge in [0.2, 0.25) is 0 Å². The van der Waals surface area contributed by atoms with Crippen molar-refractivity contribution in [3.8, 4) is 0 Å². The molecule has 9 heavy (non-hydrogen) atoms. The number of halogens is 2. The minimum Gasteiger partial charge on any atom is -0.426 e. The molecule has 0 rings (SSSR count). The van der Waals surface area contributed by atoms with E-state index in [1.54, 1.807) is 0 Å². The van der Waals surface area contributed by atoms with Crippen LogP contribution in [0, 0.1) is 0 Å². The summed E-state index contributed by atoms with van der Waals surface area (Å²) in [5, 5.41) is 0. The van der Waals surface area contributed by atoms with Crippen LogP contribution in [0.25, 0.3) is 0 Å². The van der Waals surface area contributed by atoms with Crippen LogP contribution in [-0.2, 0) is 9.53 Å². The highest BCUT2D eigenvalue weighted by Crippen LogP contribution is 2.02. The highest BCUT2D eigenvalue weighted by Gasteiger charge is 1.82. The molecule has 0 aromatic carbocycles. The summed E-state index contributed by atoms with van der Waals surface area (Å²) in [6, 6.07) is 0. The maximum absolute atomic E-state index is 10.0. The Morgan fingerprint density at radius 3 is 2.56 bits per heavy atom. The van der Waals surface area contributed by atoms with Gasteiger partial charge < -0.3 is 4.74 Å². The lowest BCUT2D eigenvalue weighted by atomic mass is 10.8. The van der Waals surface area contributed by atoms with Crippen LogP contribution in [0.3, 0.4) is 0 Å². The number of carbonyl (C=O) groups is 1. The zero-order valence-corrected chi connectivity index (χ0v) is 6.16. The summed E-state index contributed by atoms with van der Waals surface area (Å²) in [4.78, 5) is 10.0. The summed E-state index contributed by atoms with van der Waals surface area (Å²) >= 11 is 10.2. The summed E-state index contributed by atoms with van der Waals surface area (Å²) in [6.45, 7) is 1.26. The lowest BCUT2D eigenvalue weighted by molar-refractivity contribution is -0.135. The minimum absolute atomic E-state index is 0.0729. The molecule has 0 fully saturated rings. The molecule has 0 unspecified atom stereocenters. The summed E-state index contributed by atoms with van der Waals surface area (Å²) in [5.41, 5.74) is 2.26. The molecule has 0 aliphatic carbocycles. The fourth-order valence-electron chi connectivity index (χ4n) is 0.157. The molecule has 0 heterocycles. The van der Waals surface area contributed by atoms with Gasteiger partial charge in [0, 0.05) is 6.92 Å². The van der Waals surface area contributed by atoms with E-state index in [-0.39, 0.29) is 4.49 Å². The molecule has 0 N–H and O–H groups in total. The molecule has 0 saturated carbocycles. The third kappa shape index (κ3) is 7.57. The van der Waals surface area contributed by atoms with E-state index in [1.807, 2.05) is 0 Å². The summed E-state index contributed by atoms with van der Waals surface area (Å²) < 4.78 is 4.22. The van der Waals surface area contributed by atoms with Gasteiger partial charge in [-0.25, -0.2) is 0 Å². The van der Waals surface area contributed by atoms with Crippen LogP contribution in [0.5, 0.6) is 0 Å². The van der Waals surface area contributed by atoms with Crippen molar-refractivity contribution in [3.63, 3.8) is 0 Å². The van der Waals surface area contributed by atoms with Gasteiger partial charge in [0.05, 0.1) is 0 Å². The molecule has 50 valence electrons. The topological polar surface area (TPSA) is 26.3 Å². The molecule has 0 bridgehead atoms. The van der Waals surface area contributed by atoms with Gasteiger partial charge in [-0.3, -0.25) is 4.79 Å². The molecule has 0 saturated heterocycles. The molecular weight excluding hydrogens is 163 g/mol. The fourth-order valence-corrected chi connectivity index (χ4v) is 0.246. The summed E-state index contributed by atoms with van der Waals surface area (Å²) in [5.74, 6) is -0.433. The van der Waals surface area contributed by atoms with Crippen molar-refractivity contribution < 1.29 is 9.53 Å². The molecule has 0 aliphatic heterocycles. The second kappa shape index (κ2) is 4.45. The Labute approximate surface area is 62.7 Å². The van der Waals surface area contributed by atoms with Gasteiger partial charge in [-0.15, -0.1) is 0 Å².